The van der Waals surface area contributed by atoms with Gasteiger partial charge in [-0.15, -0.1) is 0 Å². The zero-order valence-electron chi connectivity index (χ0n) is 25.2. The second-order valence-corrected chi connectivity index (χ2v) is 17.6. The molecule has 6 rings (SSSR count). The van der Waals surface area contributed by atoms with Crippen molar-refractivity contribution in [3.05, 3.63) is 138 Å². The van der Waals surface area contributed by atoms with Crippen LogP contribution in [0, 0.1) is 64.8 Å². The van der Waals surface area contributed by atoms with Crippen LogP contribution in [-0.2, 0) is 16.6 Å². The first-order valence-corrected chi connectivity index (χ1v) is 17.6. The molecule has 7 heteroatoms. The van der Waals surface area contributed by atoms with E-state index < -0.39 is 39.9 Å². The maximum absolute atomic E-state index is 17.3. The Hall–Kier alpha value is -3.61. The molecule has 4 aromatic rings. The van der Waals surface area contributed by atoms with Gasteiger partial charge in [-0.25, -0.2) is 0 Å². The van der Waals surface area contributed by atoms with E-state index in [0.29, 0.717) is 20.6 Å². The van der Waals surface area contributed by atoms with Crippen LogP contribution >= 0.6 is 0 Å². The summed E-state index contributed by atoms with van der Waals surface area (Å²) in [6.07, 6.45) is 11.8. The quantitative estimate of drug-likeness (QED) is 0.152. The molecule has 0 aliphatic heterocycles. The molecule has 0 unspecified atom stereocenters. The summed E-state index contributed by atoms with van der Waals surface area (Å²) in [7, 11) is 0. The number of rotatable bonds is 6. The fourth-order valence-corrected chi connectivity index (χ4v) is 15.4. The Bertz CT molecular complexity index is 1790. The summed E-state index contributed by atoms with van der Waals surface area (Å²) < 4.78 is 72.2. The number of allylic oxidation sites excluding steroid dienone is 8. The zero-order valence-corrected chi connectivity index (χ0v) is 26.8. The SMILES string of the molecule is Cc1cc(C)n(-c2ccc(F)[c]([Ti]([C]3=CC=CC3)([C]3=CC=CC3)[c]3c(F)ccc(-n4c(C)cc(C)c4C)c3F)c2F)c1C. The van der Waals surface area contributed by atoms with Crippen molar-refractivity contribution in [3.63, 3.8) is 0 Å². The second-order valence-electron chi connectivity index (χ2n) is 11.7. The molecule has 2 aliphatic carbocycles. The summed E-state index contributed by atoms with van der Waals surface area (Å²) >= 11 is -4.97. The van der Waals surface area contributed by atoms with E-state index in [1.165, 1.54) is 24.3 Å². The van der Waals surface area contributed by atoms with Crippen molar-refractivity contribution in [2.45, 2.75) is 54.4 Å². The topological polar surface area (TPSA) is 9.86 Å². The first kappa shape index (κ1) is 29.5. The third-order valence-corrected chi connectivity index (χ3v) is 17.2. The molecule has 0 fully saturated rings. The van der Waals surface area contributed by atoms with Gasteiger partial charge in [0.1, 0.15) is 0 Å². The van der Waals surface area contributed by atoms with Crippen LogP contribution in [0.1, 0.15) is 46.7 Å². The van der Waals surface area contributed by atoms with Gasteiger partial charge < -0.3 is 0 Å². The van der Waals surface area contributed by atoms with Gasteiger partial charge in [0.25, 0.3) is 0 Å². The summed E-state index contributed by atoms with van der Waals surface area (Å²) in [5, 5.41) is 0. The van der Waals surface area contributed by atoms with Crippen molar-refractivity contribution in [2.75, 3.05) is 0 Å². The van der Waals surface area contributed by atoms with Gasteiger partial charge in [0.15, 0.2) is 0 Å². The molecule has 220 valence electrons. The predicted octanol–water partition coefficient (Wildman–Crippen LogP) is 8.47. The molecular formula is C36H34F4N2Ti. The number of hydrogen-bond donors (Lipinski definition) is 0. The van der Waals surface area contributed by atoms with Gasteiger partial charge in [-0.2, -0.15) is 0 Å². The third kappa shape index (κ3) is 4.33. The van der Waals surface area contributed by atoms with E-state index in [-0.39, 0.29) is 19.1 Å². The molecule has 0 radical (unpaired) electrons. The van der Waals surface area contributed by atoms with Gasteiger partial charge in [0.05, 0.1) is 0 Å². The van der Waals surface area contributed by atoms with Crippen molar-refractivity contribution >= 4 is 7.74 Å². The molecule has 0 N–H and O–H groups in total. The zero-order chi connectivity index (χ0) is 30.8. The monoisotopic (exact) mass is 618 g/mol. The van der Waals surface area contributed by atoms with Crippen molar-refractivity contribution < 1.29 is 34.2 Å². The van der Waals surface area contributed by atoms with Crippen LogP contribution in [0.5, 0.6) is 0 Å². The standard InChI is InChI=1S/2C13H12F2N.2C5H5.Ti/c2*1-8-6-9(2)16(10(8)3)13-5-4-11(14)7-12(13)15;2*1-2-4-5-3-1;/h2*4-6H,1-3H3;2*1-3H,4H2;. The molecule has 0 spiro atoms. The van der Waals surface area contributed by atoms with Gasteiger partial charge in [0.2, 0.25) is 0 Å². The van der Waals surface area contributed by atoms with Gasteiger partial charge in [-0.1, -0.05) is 0 Å². The second kappa shape index (κ2) is 10.8. The Kier molecular flexibility index (Phi) is 7.42. The van der Waals surface area contributed by atoms with Gasteiger partial charge in [0, 0.05) is 0 Å². The van der Waals surface area contributed by atoms with E-state index in [1.54, 1.807) is 9.13 Å². The molecule has 0 saturated carbocycles. The number of benzene rings is 2. The Morgan fingerprint density at radius 1 is 0.581 bits per heavy atom. The van der Waals surface area contributed by atoms with E-state index >= 15 is 17.6 Å². The number of nitrogens with zero attached hydrogens (tertiary/aromatic N) is 2. The molecule has 0 atom stereocenters. The predicted molar refractivity (Wildman–Crippen MR) is 163 cm³/mol. The Morgan fingerprint density at radius 3 is 1.28 bits per heavy atom. The molecule has 0 amide bonds. The van der Waals surface area contributed by atoms with Crippen LogP contribution in [0.3, 0.4) is 0 Å². The number of aryl methyl sites for hydroxylation is 4. The van der Waals surface area contributed by atoms with Crippen LogP contribution in [-0.4, -0.2) is 9.13 Å². The van der Waals surface area contributed by atoms with Crippen LogP contribution in [0.25, 0.3) is 11.4 Å². The van der Waals surface area contributed by atoms with E-state index in [4.69, 9.17) is 0 Å². The van der Waals surface area contributed by atoms with Crippen molar-refractivity contribution in [1.29, 1.82) is 0 Å². The van der Waals surface area contributed by atoms with Crippen LogP contribution < -0.4 is 7.74 Å². The molecule has 2 nitrogen and oxygen atoms in total. The fourth-order valence-electron chi connectivity index (χ4n) is 7.13. The maximum atomic E-state index is 17.3. The van der Waals surface area contributed by atoms with Crippen LogP contribution in [0.15, 0.2) is 80.6 Å². The summed E-state index contributed by atoms with van der Waals surface area (Å²) in [4.78, 5) is 0. The van der Waals surface area contributed by atoms with Gasteiger partial charge in [-0.3, -0.25) is 0 Å². The minimum absolute atomic E-state index is 0.178. The van der Waals surface area contributed by atoms with Crippen LogP contribution in [0.4, 0.5) is 17.6 Å². The molecule has 2 aliphatic rings. The number of aromatic nitrogens is 2. The van der Waals surface area contributed by atoms with E-state index in [9.17, 15) is 0 Å². The van der Waals surface area contributed by atoms with Crippen LogP contribution in [0.2, 0.25) is 0 Å². The number of halogens is 4. The van der Waals surface area contributed by atoms with E-state index in [1.807, 2.05) is 90.1 Å². The Labute approximate surface area is 253 Å². The molecule has 43 heavy (non-hydrogen) atoms. The van der Waals surface area contributed by atoms with Crippen molar-refractivity contribution in [1.82, 2.24) is 9.13 Å². The average molecular weight is 619 g/mol. The Balaban J connectivity index is 1.78. The molecule has 0 saturated heterocycles. The fraction of sp³-hybridized carbons (Fsp3) is 0.222. The molecule has 0 bridgehead atoms. The first-order valence-electron chi connectivity index (χ1n) is 14.5. The molecule has 2 aromatic carbocycles. The minimum atomic E-state index is -4.97. The van der Waals surface area contributed by atoms with Crippen molar-refractivity contribution in [2.24, 2.45) is 0 Å². The molecule has 2 aromatic heterocycles. The van der Waals surface area contributed by atoms with Gasteiger partial charge >= 0.3 is 255 Å². The third-order valence-electron chi connectivity index (χ3n) is 9.25. The summed E-state index contributed by atoms with van der Waals surface area (Å²) in [5.41, 5.74) is 5.53. The first-order chi connectivity index (χ1) is 20.5. The summed E-state index contributed by atoms with van der Waals surface area (Å²) in [5.74, 6) is -3.10. The molecular weight excluding hydrogens is 584 g/mol. The summed E-state index contributed by atoms with van der Waals surface area (Å²) in [6.45, 7) is 11.4. The summed E-state index contributed by atoms with van der Waals surface area (Å²) in [6, 6.07) is 9.29. The van der Waals surface area contributed by atoms with Crippen molar-refractivity contribution in [3.8, 4) is 11.4 Å². The normalized spacial score (nSPS) is 14.7. The Morgan fingerprint density at radius 2 is 0.977 bits per heavy atom. The van der Waals surface area contributed by atoms with E-state index in [0.717, 1.165) is 33.9 Å². The average Bonchev–Trinajstić information content (AvgIpc) is 3.76. The van der Waals surface area contributed by atoms with E-state index in [2.05, 4.69) is 0 Å². The van der Waals surface area contributed by atoms with Gasteiger partial charge in [-0.05, 0) is 0 Å². The molecule has 2 heterocycles. The number of hydrogen-bond acceptors (Lipinski definition) is 0.